The monoisotopic (exact) mass is 482 g/mol. The largest absolute Gasteiger partial charge is 0.465 e. The Hall–Kier alpha value is -2.55. The van der Waals surface area contributed by atoms with Crippen molar-refractivity contribution in [2.75, 3.05) is 17.7 Å². The molecule has 3 aromatic rings. The third-order valence-corrected chi connectivity index (χ3v) is 6.53. The number of aromatic nitrogens is 1. The van der Waals surface area contributed by atoms with Gasteiger partial charge in [-0.25, -0.2) is 13.2 Å². The number of benzene rings is 2. The quantitative estimate of drug-likeness (QED) is 0.478. The summed E-state index contributed by atoms with van der Waals surface area (Å²) >= 11 is 12.3. The maximum Gasteiger partial charge on any atom is 0.340 e. The minimum absolute atomic E-state index is 0.0986. The number of fused-ring (bicyclic) bond motifs is 1. The molecule has 1 aromatic heterocycles. The van der Waals surface area contributed by atoms with Crippen LogP contribution in [-0.2, 0) is 14.8 Å². The maximum absolute atomic E-state index is 13.6. The third-order valence-electron chi connectivity index (χ3n) is 4.81. The highest BCUT2D eigenvalue weighted by atomic mass is 35.5. The fraction of sp³-hybridized carbons (Fsp3) is 0.238. The Morgan fingerprint density at radius 1 is 1.16 bits per heavy atom. The summed E-state index contributed by atoms with van der Waals surface area (Å²) in [6.07, 6.45) is 2.50. The number of sulfonamides is 1. The Balaban J connectivity index is 2.20. The number of halogens is 2. The molecule has 0 unspecified atom stereocenters. The fourth-order valence-corrected chi connectivity index (χ4v) is 5.10. The lowest BCUT2D eigenvalue weighted by Gasteiger charge is -2.31. The van der Waals surface area contributed by atoms with Gasteiger partial charge in [-0.1, -0.05) is 48.3 Å². The Bertz CT molecular complexity index is 1270. The van der Waals surface area contributed by atoms with Crippen LogP contribution in [0.3, 0.4) is 0 Å². The first-order valence-electron chi connectivity index (χ1n) is 9.27. The van der Waals surface area contributed by atoms with Crippen molar-refractivity contribution in [3.05, 3.63) is 64.3 Å². The van der Waals surface area contributed by atoms with Crippen LogP contribution in [-0.4, -0.2) is 44.3 Å². The molecule has 0 aliphatic carbocycles. The van der Waals surface area contributed by atoms with E-state index in [-0.39, 0.29) is 27.7 Å². The lowest BCUT2D eigenvalue weighted by atomic mass is 10.1. The molecule has 0 saturated heterocycles. The molecule has 1 atom stereocenters. The molecule has 3 rings (SSSR count). The van der Waals surface area contributed by atoms with Crippen molar-refractivity contribution >= 4 is 61.7 Å². The van der Waals surface area contributed by atoms with Gasteiger partial charge in [0.1, 0.15) is 6.04 Å². The minimum Gasteiger partial charge on any atom is -0.465 e. The number of hydrogen-bond acceptors (Lipinski definition) is 5. The van der Waals surface area contributed by atoms with Crippen LogP contribution in [0.1, 0.15) is 28.5 Å². The van der Waals surface area contributed by atoms with E-state index in [9.17, 15) is 18.0 Å². The lowest BCUT2D eigenvalue weighted by molar-refractivity contribution is 0.0603. The van der Waals surface area contributed by atoms with Crippen LogP contribution in [0.25, 0.3) is 10.9 Å². The summed E-state index contributed by atoms with van der Waals surface area (Å²) in [4.78, 5) is 25.8. The van der Waals surface area contributed by atoms with E-state index in [0.29, 0.717) is 10.9 Å². The van der Waals surface area contributed by atoms with Crippen molar-refractivity contribution in [3.8, 4) is 0 Å². The van der Waals surface area contributed by atoms with Crippen molar-refractivity contribution in [1.82, 2.24) is 4.57 Å². The van der Waals surface area contributed by atoms with Crippen LogP contribution in [0.15, 0.2) is 48.7 Å². The number of nitrogens with zero attached hydrogens (tertiary/aromatic N) is 2. The van der Waals surface area contributed by atoms with Gasteiger partial charge in [-0.3, -0.25) is 13.7 Å². The highest BCUT2D eigenvalue weighted by Crippen LogP contribution is 2.34. The zero-order valence-electron chi connectivity index (χ0n) is 17.0. The predicted molar refractivity (Wildman–Crippen MR) is 122 cm³/mol. The Labute approximate surface area is 190 Å². The molecule has 10 heteroatoms. The van der Waals surface area contributed by atoms with E-state index in [1.807, 2.05) is 0 Å². The van der Waals surface area contributed by atoms with Gasteiger partial charge in [0.2, 0.25) is 10.0 Å². The lowest BCUT2D eigenvalue weighted by Crippen LogP contribution is -2.46. The van der Waals surface area contributed by atoms with Gasteiger partial charge in [0.15, 0.2) is 0 Å². The number of methoxy groups -OCH3 is 1. The third kappa shape index (κ3) is 4.42. The number of para-hydroxylation sites is 1. The summed E-state index contributed by atoms with van der Waals surface area (Å²) in [6, 6.07) is 10.1. The van der Waals surface area contributed by atoms with E-state index < -0.39 is 27.9 Å². The molecule has 0 fully saturated rings. The van der Waals surface area contributed by atoms with E-state index in [2.05, 4.69) is 0 Å². The molecule has 0 saturated carbocycles. The Kier molecular flexibility index (Phi) is 6.64. The van der Waals surface area contributed by atoms with Gasteiger partial charge in [0, 0.05) is 16.6 Å². The van der Waals surface area contributed by atoms with Crippen LogP contribution in [0, 0.1) is 0 Å². The molecular formula is C21H20Cl2N2O5S. The molecule has 0 spiro atoms. The molecule has 0 aliphatic rings. The van der Waals surface area contributed by atoms with Crippen LogP contribution < -0.4 is 4.31 Å². The Morgan fingerprint density at radius 2 is 1.84 bits per heavy atom. The van der Waals surface area contributed by atoms with Crippen molar-refractivity contribution < 1.29 is 22.7 Å². The molecule has 31 heavy (non-hydrogen) atoms. The highest BCUT2D eigenvalue weighted by molar-refractivity contribution is 7.92. The smallest absolute Gasteiger partial charge is 0.340 e. The average molecular weight is 483 g/mol. The second kappa shape index (κ2) is 8.90. The number of carbonyl (C=O) groups excluding carboxylic acids is 2. The SMILES string of the molecule is CC[C@H](C(=O)n1cc(C(=O)OC)c2ccccc21)N(c1cc(Cl)ccc1Cl)S(C)(=O)=O. The van der Waals surface area contributed by atoms with Crippen LogP contribution in [0.2, 0.25) is 10.0 Å². The van der Waals surface area contributed by atoms with E-state index in [4.69, 9.17) is 27.9 Å². The molecule has 0 N–H and O–H groups in total. The normalized spacial score (nSPS) is 12.5. The molecular weight excluding hydrogens is 463 g/mol. The first-order chi connectivity index (χ1) is 14.6. The second-order valence-corrected chi connectivity index (χ2v) is 9.54. The summed E-state index contributed by atoms with van der Waals surface area (Å²) in [5.74, 6) is -1.15. The summed E-state index contributed by atoms with van der Waals surface area (Å²) < 4.78 is 32.5. The van der Waals surface area contributed by atoms with Crippen LogP contribution in [0.5, 0.6) is 0 Å². The number of carbonyl (C=O) groups is 2. The summed E-state index contributed by atoms with van der Waals surface area (Å²) in [5.41, 5.74) is 0.756. The standard InChI is InChI=1S/C21H20Cl2N2O5S/c1-4-17(25(31(3,28)29)19-11-13(22)9-10-16(19)23)20(26)24-12-15(21(27)30-2)14-7-5-6-8-18(14)24/h5-12,17H,4H2,1-3H3/t17-/m1/s1. The van der Waals surface area contributed by atoms with E-state index in [1.54, 1.807) is 31.2 Å². The number of rotatable bonds is 6. The number of esters is 1. The highest BCUT2D eigenvalue weighted by Gasteiger charge is 2.35. The van der Waals surface area contributed by atoms with E-state index in [0.717, 1.165) is 10.6 Å². The van der Waals surface area contributed by atoms with E-state index >= 15 is 0 Å². The van der Waals surface area contributed by atoms with Gasteiger partial charge in [-0.2, -0.15) is 0 Å². The number of anilines is 1. The van der Waals surface area contributed by atoms with Gasteiger partial charge in [0.05, 0.1) is 35.2 Å². The first kappa shape index (κ1) is 23.1. The molecule has 0 aliphatic heterocycles. The Morgan fingerprint density at radius 3 is 2.45 bits per heavy atom. The van der Waals surface area contributed by atoms with Gasteiger partial charge in [0.25, 0.3) is 5.91 Å². The summed E-state index contributed by atoms with van der Waals surface area (Å²) in [5, 5.41) is 0.924. The summed E-state index contributed by atoms with van der Waals surface area (Å²) in [7, 11) is -2.68. The molecule has 0 radical (unpaired) electrons. The maximum atomic E-state index is 13.6. The van der Waals surface area contributed by atoms with Crippen molar-refractivity contribution in [2.24, 2.45) is 0 Å². The van der Waals surface area contributed by atoms with E-state index in [1.165, 1.54) is 36.1 Å². The summed E-state index contributed by atoms with van der Waals surface area (Å²) in [6.45, 7) is 1.69. The molecule has 0 bridgehead atoms. The molecule has 0 amide bonds. The number of ether oxygens (including phenoxy) is 1. The second-order valence-electron chi connectivity index (χ2n) is 6.84. The van der Waals surface area contributed by atoms with Crippen LogP contribution in [0.4, 0.5) is 5.69 Å². The van der Waals surface area contributed by atoms with Crippen molar-refractivity contribution in [1.29, 1.82) is 0 Å². The molecule has 1 heterocycles. The zero-order chi connectivity index (χ0) is 22.9. The topological polar surface area (TPSA) is 85.7 Å². The van der Waals surface area contributed by atoms with Gasteiger partial charge < -0.3 is 4.74 Å². The molecule has 164 valence electrons. The van der Waals surface area contributed by atoms with Crippen molar-refractivity contribution in [2.45, 2.75) is 19.4 Å². The zero-order valence-corrected chi connectivity index (χ0v) is 19.3. The molecule has 2 aromatic carbocycles. The number of hydrogen-bond donors (Lipinski definition) is 0. The van der Waals surface area contributed by atoms with Crippen LogP contribution >= 0.6 is 23.2 Å². The minimum atomic E-state index is -3.92. The van der Waals surface area contributed by atoms with Gasteiger partial charge in [-0.15, -0.1) is 0 Å². The van der Waals surface area contributed by atoms with Gasteiger partial charge in [-0.05, 0) is 30.7 Å². The van der Waals surface area contributed by atoms with Crippen molar-refractivity contribution in [3.63, 3.8) is 0 Å². The molecule has 7 nitrogen and oxygen atoms in total. The first-order valence-corrected chi connectivity index (χ1v) is 11.9. The average Bonchev–Trinajstić information content (AvgIpc) is 3.12. The van der Waals surface area contributed by atoms with Gasteiger partial charge >= 0.3 is 5.97 Å². The fourth-order valence-electron chi connectivity index (χ4n) is 3.47. The predicted octanol–water partition coefficient (Wildman–Crippen LogP) is 4.62.